The second kappa shape index (κ2) is 14.2. The molecule has 250 valence electrons. The molecule has 2 aromatic carbocycles. The molecule has 5 rings (SSSR count). The van der Waals surface area contributed by atoms with Crippen LogP contribution in [0.2, 0.25) is 0 Å². The molecule has 0 fully saturated rings. The molecule has 0 aliphatic carbocycles. The van der Waals surface area contributed by atoms with Crippen molar-refractivity contribution >= 4 is 36.6 Å². The second-order valence-corrected chi connectivity index (χ2v) is 12.8. The molecule has 12 nitrogen and oxygen atoms in total. The van der Waals surface area contributed by atoms with Crippen LogP contribution in [0, 0.1) is 0 Å². The lowest BCUT2D eigenvalue weighted by Gasteiger charge is -2.18. The van der Waals surface area contributed by atoms with Gasteiger partial charge < -0.3 is 29.7 Å². The highest BCUT2D eigenvalue weighted by atomic mass is 31.2. The van der Waals surface area contributed by atoms with Gasteiger partial charge in [-0.3, -0.25) is 14.0 Å². The van der Waals surface area contributed by atoms with Crippen molar-refractivity contribution in [2.45, 2.75) is 45.7 Å². The molecule has 1 amide bonds. The molecule has 0 unspecified atom stereocenters. The maximum Gasteiger partial charge on any atom is 0.421 e. The summed E-state index contributed by atoms with van der Waals surface area (Å²) < 4.78 is 67.6. The Hall–Kier alpha value is -4.30. The van der Waals surface area contributed by atoms with E-state index in [1.165, 1.54) is 4.90 Å². The molecule has 16 heteroatoms. The van der Waals surface area contributed by atoms with Gasteiger partial charge in [-0.2, -0.15) is 23.3 Å². The number of carbonyl (C=O) groups excluding carboxylic acids is 1. The van der Waals surface area contributed by atoms with Crippen molar-refractivity contribution in [2.75, 3.05) is 37.5 Å². The normalized spacial score (nSPS) is 13.3. The van der Waals surface area contributed by atoms with E-state index in [0.29, 0.717) is 36.0 Å². The summed E-state index contributed by atoms with van der Waals surface area (Å²) in [6, 6.07) is 9.97. The number of hydrogen-bond donors (Lipinski definition) is 3. The summed E-state index contributed by atoms with van der Waals surface area (Å²) in [5.74, 6) is -0.999. The number of anilines is 4. The zero-order valence-corrected chi connectivity index (χ0v) is 26.9. The highest BCUT2D eigenvalue weighted by Crippen LogP contribution is 2.51. The van der Waals surface area contributed by atoms with Crippen LogP contribution >= 0.6 is 7.60 Å². The Kier molecular flexibility index (Phi) is 10.3. The molecule has 3 heterocycles. The van der Waals surface area contributed by atoms with Gasteiger partial charge in [-0.1, -0.05) is 18.2 Å². The van der Waals surface area contributed by atoms with Crippen LogP contribution in [0.3, 0.4) is 0 Å². The number of nitrogens with zero attached hydrogens (tertiary/aromatic N) is 5. The van der Waals surface area contributed by atoms with Crippen molar-refractivity contribution in [3.05, 3.63) is 77.2 Å². The number of benzene rings is 2. The molecule has 0 atom stereocenters. The maximum atomic E-state index is 14.1. The fraction of sp³-hybridized carbons (Fsp3) is 0.355. The van der Waals surface area contributed by atoms with E-state index in [9.17, 15) is 22.5 Å². The first kappa shape index (κ1) is 34.0. The first-order chi connectivity index (χ1) is 22.4. The van der Waals surface area contributed by atoms with Gasteiger partial charge in [0.2, 0.25) is 5.95 Å². The minimum atomic E-state index is -4.79. The van der Waals surface area contributed by atoms with E-state index in [4.69, 9.17) is 14.2 Å². The van der Waals surface area contributed by atoms with Gasteiger partial charge in [0.15, 0.2) is 0 Å². The molecule has 0 spiro atoms. The van der Waals surface area contributed by atoms with Gasteiger partial charge in [-0.05, 0) is 55.2 Å². The monoisotopic (exact) mass is 673 g/mol. The number of carbonyl (C=O) groups is 1. The number of fused-ring (bicyclic) bond motifs is 1. The molecule has 3 N–H and O–H groups in total. The van der Waals surface area contributed by atoms with Crippen LogP contribution in [-0.2, 0) is 39.0 Å². The number of rotatable bonds is 14. The smallest absolute Gasteiger partial charge is 0.396 e. The molecular formula is C31H35F3N7O5P. The summed E-state index contributed by atoms with van der Waals surface area (Å²) in [4.78, 5) is 22.8. The summed E-state index contributed by atoms with van der Waals surface area (Å²) in [5, 5.41) is 19.1. The number of aryl methyl sites for hydroxylation is 1. The first-order valence-electron chi connectivity index (χ1n) is 14.9. The standard InChI is InChI=1S/C31H35F3N7O5P/c1-4-45-47(44,46-5-2)19-20-7-9-22(10-8-20)37-30-35-16-25(31(32,33)34)28(39-30)38-26-12-11-23(24-18-40(3)29(43)27(24)26)21-15-36-41(17-21)13-6-14-42/h7-12,15-17,42H,4-6,13-14,18-19H2,1-3H3,(H2,35,37,38,39). The summed E-state index contributed by atoms with van der Waals surface area (Å²) in [5.41, 5.74) is 2.56. The Morgan fingerprint density at radius 2 is 1.77 bits per heavy atom. The van der Waals surface area contributed by atoms with Crippen molar-refractivity contribution in [2.24, 2.45) is 0 Å². The van der Waals surface area contributed by atoms with Gasteiger partial charge in [-0.15, -0.1) is 0 Å². The number of amides is 1. The van der Waals surface area contributed by atoms with Crippen LogP contribution in [0.5, 0.6) is 0 Å². The lowest BCUT2D eigenvalue weighted by atomic mass is 9.97. The van der Waals surface area contributed by atoms with Crippen LogP contribution in [0.25, 0.3) is 11.1 Å². The third-order valence-corrected chi connectivity index (χ3v) is 9.40. The van der Waals surface area contributed by atoms with Crippen molar-refractivity contribution in [3.8, 4) is 11.1 Å². The third-order valence-electron chi connectivity index (χ3n) is 7.34. The third kappa shape index (κ3) is 7.82. The highest BCUT2D eigenvalue weighted by Gasteiger charge is 2.37. The molecule has 1 aliphatic heterocycles. The average Bonchev–Trinajstić information content (AvgIpc) is 3.61. The Balaban J connectivity index is 1.43. The van der Waals surface area contributed by atoms with E-state index in [0.717, 1.165) is 11.1 Å². The predicted molar refractivity (Wildman–Crippen MR) is 170 cm³/mol. The van der Waals surface area contributed by atoms with Crippen LogP contribution in [0.4, 0.5) is 36.3 Å². The SMILES string of the molecule is CCOP(=O)(Cc1ccc(Nc2ncc(C(F)(F)F)c(Nc3ccc(-c4cnn(CCCO)c4)c4c3C(=O)N(C)C4)n2)cc1)OCC. The largest absolute Gasteiger partial charge is 0.421 e. The van der Waals surface area contributed by atoms with E-state index in [1.807, 2.05) is 0 Å². The van der Waals surface area contributed by atoms with Crippen LogP contribution in [-0.4, -0.2) is 62.5 Å². The summed E-state index contributed by atoms with van der Waals surface area (Å²) in [6.45, 7) is 4.69. The fourth-order valence-electron chi connectivity index (χ4n) is 5.23. The lowest BCUT2D eigenvalue weighted by molar-refractivity contribution is -0.137. The average molecular weight is 674 g/mol. The number of alkyl halides is 3. The van der Waals surface area contributed by atoms with Gasteiger partial charge in [0, 0.05) is 50.4 Å². The van der Waals surface area contributed by atoms with Crippen LogP contribution in [0.15, 0.2) is 55.0 Å². The molecule has 0 radical (unpaired) electrons. The van der Waals surface area contributed by atoms with Crippen LogP contribution in [0.1, 0.15) is 47.3 Å². The fourth-order valence-corrected chi connectivity index (χ4v) is 6.93. The Morgan fingerprint density at radius 3 is 2.43 bits per heavy atom. The number of hydrogen-bond acceptors (Lipinski definition) is 10. The lowest BCUT2D eigenvalue weighted by Crippen LogP contribution is -2.18. The summed E-state index contributed by atoms with van der Waals surface area (Å²) >= 11 is 0. The molecule has 0 saturated heterocycles. The summed E-state index contributed by atoms with van der Waals surface area (Å²) in [6.07, 6.45) is -0.0775. The van der Waals surface area contributed by atoms with Crippen molar-refractivity contribution in [3.63, 3.8) is 0 Å². The van der Waals surface area contributed by atoms with E-state index < -0.39 is 25.2 Å². The van der Waals surface area contributed by atoms with Gasteiger partial charge in [0.05, 0.1) is 36.8 Å². The number of aliphatic hydroxyl groups is 1. The van der Waals surface area contributed by atoms with Gasteiger partial charge >= 0.3 is 13.8 Å². The van der Waals surface area contributed by atoms with Crippen molar-refractivity contribution in [1.82, 2.24) is 24.6 Å². The van der Waals surface area contributed by atoms with Crippen molar-refractivity contribution < 1.29 is 36.7 Å². The molecule has 4 aromatic rings. The van der Waals surface area contributed by atoms with Crippen LogP contribution < -0.4 is 10.6 Å². The summed E-state index contributed by atoms with van der Waals surface area (Å²) in [7, 11) is -1.70. The van der Waals surface area contributed by atoms with E-state index >= 15 is 0 Å². The molecule has 0 bridgehead atoms. The number of aliphatic hydroxyl groups excluding tert-OH is 1. The molecule has 2 aromatic heterocycles. The molecular weight excluding hydrogens is 638 g/mol. The Morgan fingerprint density at radius 1 is 1.04 bits per heavy atom. The predicted octanol–water partition coefficient (Wildman–Crippen LogP) is 6.58. The molecule has 47 heavy (non-hydrogen) atoms. The number of nitrogens with one attached hydrogen (secondary N) is 2. The van der Waals surface area contributed by atoms with Gasteiger partial charge in [0.25, 0.3) is 5.91 Å². The van der Waals surface area contributed by atoms with Gasteiger partial charge in [-0.25, -0.2) is 4.98 Å². The Labute approximate surface area is 269 Å². The quantitative estimate of drug-likeness (QED) is 0.126. The first-order valence-corrected chi connectivity index (χ1v) is 16.7. The Bertz CT molecular complexity index is 1770. The van der Waals surface area contributed by atoms with E-state index in [2.05, 4.69) is 25.7 Å². The zero-order valence-electron chi connectivity index (χ0n) is 26.0. The van der Waals surface area contributed by atoms with E-state index in [1.54, 1.807) is 74.4 Å². The van der Waals surface area contributed by atoms with E-state index in [-0.39, 0.29) is 55.6 Å². The zero-order chi connectivity index (χ0) is 33.8. The number of halogens is 3. The topological polar surface area (TPSA) is 144 Å². The molecule has 0 saturated carbocycles. The second-order valence-electron chi connectivity index (χ2n) is 10.7. The minimum Gasteiger partial charge on any atom is -0.396 e. The van der Waals surface area contributed by atoms with Gasteiger partial charge in [0.1, 0.15) is 11.4 Å². The molecule has 1 aliphatic rings. The maximum absolute atomic E-state index is 14.1. The minimum absolute atomic E-state index is 0.0186. The number of aromatic nitrogens is 4. The van der Waals surface area contributed by atoms with Crippen molar-refractivity contribution in [1.29, 1.82) is 0 Å². The highest BCUT2D eigenvalue weighted by molar-refractivity contribution is 7.53.